The summed E-state index contributed by atoms with van der Waals surface area (Å²) < 4.78 is 24.3. The number of esters is 1. The molecule has 0 spiro atoms. The number of phenolic OH excluding ortho intramolecular Hbond substituents is 2. The Morgan fingerprint density at radius 1 is 1.00 bits per heavy atom. The van der Waals surface area contributed by atoms with Gasteiger partial charge in [0.25, 0.3) is 11.7 Å². The first-order valence-electron chi connectivity index (χ1n) is 19.5. The average Bonchev–Trinajstić information content (AvgIpc) is 3.76. The zero-order valence-electron chi connectivity index (χ0n) is 34.3. The fourth-order valence-electron chi connectivity index (χ4n) is 8.10. The Hall–Kier alpha value is -4.74. The summed E-state index contributed by atoms with van der Waals surface area (Å²) in [7, 11) is 1.47. The van der Waals surface area contributed by atoms with Crippen molar-refractivity contribution in [1.29, 1.82) is 0 Å². The number of carbonyl (C=O) groups is 3. The SMILES string of the molecule is COC1/C=C/OC2(C)Oc3c(C)c(O)c4c(O)c(c5sc(N6CCNCC6)nc5c4c3C2=O)NC(=O)/C(C)=C\C=C\C(C)C(O)C(C)C(O)C(C)C(OC(C)=O)C1C. The highest BCUT2D eigenvalue weighted by molar-refractivity contribution is 7.23. The third kappa shape index (κ3) is 7.75. The number of fused-ring (bicyclic) bond motifs is 1. The Labute approximate surface area is 341 Å². The maximum Gasteiger partial charge on any atom is 0.312 e. The van der Waals surface area contributed by atoms with Crippen LogP contribution in [-0.4, -0.2) is 107 Å². The summed E-state index contributed by atoms with van der Waals surface area (Å²) in [4.78, 5) is 47.8. The Balaban J connectivity index is 1.54. The number of nitrogens with one attached hydrogen (secondary N) is 2. The lowest BCUT2D eigenvalue weighted by Crippen LogP contribution is -2.46. The van der Waals surface area contributed by atoms with Crippen molar-refractivity contribution in [2.24, 2.45) is 23.7 Å². The van der Waals surface area contributed by atoms with Crippen molar-refractivity contribution in [1.82, 2.24) is 10.3 Å². The van der Waals surface area contributed by atoms with Gasteiger partial charge in [-0.15, -0.1) is 0 Å². The van der Waals surface area contributed by atoms with Crippen LogP contribution in [0, 0.1) is 30.6 Å². The maximum atomic E-state index is 14.6. The van der Waals surface area contributed by atoms with Gasteiger partial charge in [0, 0.05) is 87.3 Å². The van der Waals surface area contributed by atoms with Crippen molar-refractivity contribution in [2.75, 3.05) is 43.5 Å². The summed E-state index contributed by atoms with van der Waals surface area (Å²) >= 11 is 1.24. The summed E-state index contributed by atoms with van der Waals surface area (Å²) in [5.74, 6) is -6.78. The average molecular weight is 823 g/mol. The third-order valence-corrected chi connectivity index (χ3v) is 12.9. The number of ether oxygens (including phenoxy) is 4. The van der Waals surface area contributed by atoms with Crippen LogP contribution in [-0.2, 0) is 23.8 Å². The quantitative estimate of drug-likeness (QED) is 0.151. The van der Waals surface area contributed by atoms with Crippen molar-refractivity contribution in [3.63, 3.8) is 0 Å². The molecule has 4 heterocycles. The minimum Gasteiger partial charge on any atom is -0.507 e. The molecule has 6 N–H and O–H groups in total. The predicted octanol–water partition coefficient (Wildman–Crippen LogP) is 5.07. The van der Waals surface area contributed by atoms with Crippen LogP contribution in [0.4, 0.5) is 10.8 Å². The van der Waals surface area contributed by atoms with Gasteiger partial charge in [0.1, 0.15) is 23.3 Å². The molecule has 1 aromatic heterocycles. The number of methoxy groups -OCH3 is 1. The van der Waals surface area contributed by atoms with Crippen LogP contribution < -0.4 is 20.3 Å². The Morgan fingerprint density at radius 2 is 1.69 bits per heavy atom. The van der Waals surface area contributed by atoms with Gasteiger partial charge in [-0.3, -0.25) is 14.4 Å². The summed E-state index contributed by atoms with van der Waals surface area (Å²) in [6.45, 7) is 15.6. The molecule has 9 atom stereocenters. The standard InChI is InChI=1S/C42H54N4O11S/c1-19-11-10-12-20(2)40(53)44-31-35(51)28-27(30-38(31)58-41(45-30)46-16-14-43-15-17-46)29-37(24(6)34(28)50)57-42(8,39(29)52)55-18-13-26(54-9)21(3)36(56-25(7)47)23(5)33(49)22(4)32(19)48/h10-13,18-19,21-23,26,32-33,36,43,48-51H,14-17H2,1-9H3,(H,44,53)/b11-10+,18-13+,20-12-. The van der Waals surface area contributed by atoms with Gasteiger partial charge >= 0.3 is 11.8 Å². The van der Waals surface area contributed by atoms with E-state index in [1.165, 1.54) is 38.6 Å². The minimum atomic E-state index is -1.94. The molecule has 6 rings (SSSR count). The maximum absolute atomic E-state index is 14.6. The zero-order chi connectivity index (χ0) is 42.4. The first-order chi connectivity index (χ1) is 27.4. The molecular weight excluding hydrogens is 769 g/mol. The van der Waals surface area contributed by atoms with Crippen molar-refractivity contribution < 1.29 is 53.8 Å². The highest BCUT2D eigenvalue weighted by Gasteiger charge is 2.50. The molecule has 9 unspecified atom stereocenters. The number of aliphatic hydroxyl groups excluding tert-OH is 2. The van der Waals surface area contributed by atoms with E-state index in [-0.39, 0.29) is 50.2 Å². The van der Waals surface area contributed by atoms with Crippen molar-refractivity contribution in [3.8, 4) is 17.2 Å². The van der Waals surface area contributed by atoms with Gasteiger partial charge < -0.3 is 54.9 Å². The lowest BCUT2D eigenvalue weighted by molar-refractivity contribution is -0.160. The molecule has 58 heavy (non-hydrogen) atoms. The predicted molar refractivity (Wildman–Crippen MR) is 220 cm³/mol. The number of allylic oxidation sites excluding steroid dienone is 2. The molecule has 0 saturated carbocycles. The van der Waals surface area contributed by atoms with Crippen LogP contribution in [0.3, 0.4) is 0 Å². The highest BCUT2D eigenvalue weighted by Crippen LogP contribution is 2.55. The molecule has 15 nitrogen and oxygen atoms in total. The Morgan fingerprint density at radius 3 is 2.34 bits per heavy atom. The van der Waals surface area contributed by atoms with Crippen LogP contribution in [0.5, 0.6) is 17.2 Å². The van der Waals surface area contributed by atoms with E-state index >= 15 is 0 Å². The second kappa shape index (κ2) is 16.9. The molecule has 2 aromatic carbocycles. The number of aromatic hydroxyl groups is 2. The van der Waals surface area contributed by atoms with Crippen LogP contribution in [0.2, 0.25) is 0 Å². The number of thiazole rings is 1. The number of aromatic nitrogens is 1. The topological polar surface area (TPSA) is 209 Å². The molecule has 3 aliphatic heterocycles. The number of hydrogen-bond donors (Lipinski definition) is 6. The van der Waals surface area contributed by atoms with E-state index in [1.807, 2.05) is 0 Å². The monoisotopic (exact) mass is 822 g/mol. The van der Waals surface area contributed by atoms with Crippen molar-refractivity contribution in [3.05, 3.63) is 47.3 Å². The van der Waals surface area contributed by atoms with Gasteiger partial charge in [-0.1, -0.05) is 57.3 Å². The van der Waals surface area contributed by atoms with Gasteiger partial charge in [0.05, 0.1) is 45.7 Å². The first-order valence-corrected chi connectivity index (χ1v) is 20.3. The van der Waals surface area contributed by atoms with E-state index in [0.717, 1.165) is 13.1 Å². The molecule has 4 bridgehead atoms. The van der Waals surface area contributed by atoms with E-state index in [1.54, 1.807) is 65.8 Å². The van der Waals surface area contributed by atoms with Gasteiger partial charge in [0.2, 0.25) is 0 Å². The fraction of sp³-hybridized carbons (Fsp3) is 0.524. The van der Waals surface area contributed by atoms with Crippen molar-refractivity contribution >= 4 is 60.8 Å². The van der Waals surface area contributed by atoms with Crippen LogP contribution in [0.1, 0.15) is 64.4 Å². The van der Waals surface area contributed by atoms with E-state index in [0.29, 0.717) is 22.9 Å². The van der Waals surface area contributed by atoms with Gasteiger partial charge in [-0.25, -0.2) is 4.98 Å². The summed E-state index contributed by atoms with van der Waals surface area (Å²) in [6.07, 6.45) is 3.97. The number of amides is 1. The normalized spacial score (nSPS) is 32.1. The molecule has 1 saturated heterocycles. The lowest BCUT2D eigenvalue weighted by Gasteiger charge is -2.38. The van der Waals surface area contributed by atoms with Crippen LogP contribution >= 0.6 is 11.3 Å². The minimum absolute atomic E-state index is 0.0213. The largest absolute Gasteiger partial charge is 0.507 e. The Kier molecular flexibility index (Phi) is 12.5. The Bertz CT molecular complexity index is 2190. The second-order valence-corrected chi connectivity index (χ2v) is 16.7. The first kappa shape index (κ1) is 42.9. The van der Waals surface area contributed by atoms with Crippen LogP contribution in [0.25, 0.3) is 21.0 Å². The van der Waals surface area contributed by atoms with Gasteiger partial charge in [-0.2, -0.15) is 0 Å². The van der Waals surface area contributed by atoms with E-state index < -0.39 is 77.3 Å². The number of aliphatic hydroxyl groups is 2. The lowest BCUT2D eigenvalue weighted by atomic mass is 9.78. The number of benzene rings is 2. The van der Waals surface area contributed by atoms with E-state index in [9.17, 15) is 34.8 Å². The number of piperazine rings is 1. The molecule has 1 fully saturated rings. The fourth-order valence-corrected chi connectivity index (χ4v) is 9.23. The number of carbonyl (C=O) groups excluding carboxylic acids is 3. The van der Waals surface area contributed by atoms with Gasteiger partial charge in [-0.05, 0) is 19.9 Å². The number of Topliss-reactive ketones (excluding diaryl/α,β-unsaturated/α-hetero) is 1. The summed E-state index contributed by atoms with van der Waals surface area (Å²) in [5, 5.41) is 53.4. The second-order valence-electron chi connectivity index (χ2n) is 15.8. The third-order valence-electron chi connectivity index (χ3n) is 11.7. The number of ketones is 1. The number of rotatable bonds is 3. The van der Waals surface area contributed by atoms with Gasteiger partial charge in [0.15, 0.2) is 10.9 Å². The molecule has 16 heteroatoms. The van der Waals surface area contributed by atoms with E-state index in [2.05, 4.69) is 15.5 Å². The highest BCUT2D eigenvalue weighted by atomic mass is 32.1. The molecular formula is C42H54N4O11S. The van der Waals surface area contributed by atoms with E-state index in [4.69, 9.17) is 23.9 Å². The summed E-state index contributed by atoms with van der Waals surface area (Å²) in [6, 6.07) is 0. The number of hydrogen-bond acceptors (Lipinski definition) is 15. The number of nitrogens with zero attached hydrogens (tertiary/aromatic N) is 2. The smallest absolute Gasteiger partial charge is 0.312 e. The number of phenols is 2. The molecule has 3 aliphatic rings. The molecule has 1 amide bonds. The molecule has 314 valence electrons. The molecule has 3 aromatic rings. The summed E-state index contributed by atoms with van der Waals surface area (Å²) in [5.41, 5.74) is 0.770. The zero-order valence-corrected chi connectivity index (χ0v) is 35.1. The molecule has 0 radical (unpaired) electrons. The number of anilines is 2. The van der Waals surface area contributed by atoms with Crippen LogP contribution in [0.15, 0.2) is 36.1 Å². The van der Waals surface area contributed by atoms with Crippen molar-refractivity contribution in [2.45, 2.75) is 85.6 Å². The molecule has 0 aliphatic carbocycles.